The van der Waals surface area contributed by atoms with E-state index in [1.807, 2.05) is 31.2 Å². The SMILES string of the molecule is CCC(CC(=O)N1CSCC1C(=O)O)NC(=O)OCC1c2ccccc2-c2ccccc21. The quantitative estimate of drug-likeness (QED) is 0.663. The molecule has 7 nitrogen and oxygen atoms in total. The largest absolute Gasteiger partial charge is 0.480 e. The van der Waals surface area contributed by atoms with Crippen molar-refractivity contribution in [3.8, 4) is 11.1 Å². The van der Waals surface area contributed by atoms with Crippen molar-refractivity contribution >= 4 is 29.7 Å². The van der Waals surface area contributed by atoms with E-state index in [9.17, 15) is 19.5 Å². The molecule has 0 saturated carbocycles. The molecule has 8 heteroatoms. The molecular formula is C24H26N2O5S. The lowest BCUT2D eigenvalue weighted by Crippen LogP contribution is -2.45. The molecule has 2 aromatic rings. The summed E-state index contributed by atoms with van der Waals surface area (Å²) in [5.74, 6) is -0.559. The van der Waals surface area contributed by atoms with E-state index in [-0.39, 0.29) is 24.9 Å². The van der Waals surface area contributed by atoms with Crippen LogP contribution in [0.4, 0.5) is 4.79 Å². The third kappa shape index (κ3) is 4.46. The van der Waals surface area contributed by atoms with Crippen molar-refractivity contribution in [2.45, 2.75) is 37.8 Å². The van der Waals surface area contributed by atoms with E-state index in [0.717, 1.165) is 22.3 Å². The second-order valence-corrected chi connectivity index (χ2v) is 9.00. The van der Waals surface area contributed by atoms with Crippen molar-refractivity contribution in [1.29, 1.82) is 0 Å². The summed E-state index contributed by atoms with van der Waals surface area (Å²) in [6.45, 7) is 2.07. The van der Waals surface area contributed by atoms with Crippen LogP contribution in [0.5, 0.6) is 0 Å². The molecule has 168 valence electrons. The molecule has 1 heterocycles. The maximum Gasteiger partial charge on any atom is 0.407 e. The van der Waals surface area contributed by atoms with E-state index in [2.05, 4.69) is 29.6 Å². The molecule has 0 bridgehead atoms. The Morgan fingerprint density at radius 1 is 1.12 bits per heavy atom. The van der Waals surface area contributed by atoms with Crippen LogP contribution in [0.2, 0.25) is 0 Å². The van der Waals surface area contributed by atoms with Gasteiger partial charge in [0.25, 0.3) is 0 Å². The number of benzene rings is 2. The van der Waals surface area contributed by atoms with Crippen LogP contribution in [-0.4, -0.2) is 58.3 Å². The summed E-state index contributed by atoms with van der Waals surface area (Å²) in [6, 6.07) is 15.0. The number of aliphatic carboxylic acids is 1. The highest BCUT2D eigenvalue weighted by Gasteiger charge is 2.35. The van der Waals surface area contributed by atoms with Crippen molar-refractivity contribution in [2.75, 3.05) is 18.2 Å². The number of hydrogen-bond acceptors (Lipinski definition) is 5. The number of carboxylic acids is 1. The Labute approximate surface area is 191 Å². The molecular weight excluding hydrogens is 428 g/mol. The number of fused-ring (bicyclic) bond motifs is 3. The van der Waals surface area contributed by atoms with Gasteiger partial charge in [0.2, 0.25) is 5.91 Å². The molecule has 1 fully saturated rings. The van der Waals surface area contributed by atoms with Crippen LogP contribution < -0.4 is 5.32 Å². The van der Waals surface area contributed by atoms with E-state index < -0.39 is 24.1 Å². The molecule has 2 N–H and O–H groups in total. The van der Waals surface area contributed by atoms with Gasteiger partial charge in [0.05, 0.1) is 5.88 Å². The maximum atomic E-state index is 12.6. The van der Waals surface area contributed by atoms with Crippen LogP contribution in [0, 0.1) is 0 Å². The second kappa shape index (κ2) is 9.65. The molecule has 2 aliphatic rings. The van der Waals surface area contributed by atoms with Crippen molar-refractivity contribution < 1.29 is 24.2 Å². The number of carbonyl (C=O) groups excluding carboxylic acids is 2. The predicted molar refractivity (Wildman–Crippen MR) is 122 cm³/mol. The minimum atomic E-state index is -0.999. The highest BCUT2D eigenvalue weighted by Crippen LogP contribution is 2.44. The van der Waals surface area contributed by atoms with E-state index in [4.69, 9.17) is 4.74 Å². The Kier molecular flexibility index (Phi) is 6.69. The van der Waals surface area contributed by atoms with Crippen LogP contribution in [0.1, 0.15) is 36.8 Å². The topological polar surface area (TPSA) is 95.9 Å². The zero-order valence-corrected chi connectivity index (χ0v) is 18.6. The summed E-state index contributed by atoms with van der Waals surface area (Å²) in [6.07, 6.45) is 0.0109. The molecule has 2 amide bonds. The van der Waals surface area contributed by atoms with E-state index in [1.165, 1.54) is 16.7 Å². The van der Waals surface area contributed by atoms with Crippen LogP contribution in [0.15, 0.2) is 48.5 Å². The average Bonchev–Trinajstić information content (AvgIpc) is 3.41. The Morgan fingerprint density at radius 3 is 2.34 bits per heavy atom. The zero-order valence-electron chi connectivity index (χ0n) is 17.8. The molecule has 0 spiro atoms. The first kappa shape index (κ1) is 22.2. The maximum absolute atomic E-state index is 12.6. The number of hydrogen-bond donors (Lipinski definition) is 2. The summed E-state index contributed by atoms with van der Waals surface area (Å²) < 4.78 is 5.57. The van der Waals surface area contributed by atoms with Crippen molar-refractivity contribution in [3.63, 3.8) is 0 Å². The number of nitrogens with one attached hydrogen (secondary N) is 1. The first-order chi connectivity index (χ1) is 15.5. The van der Waals surface area contributed by atoms with Gasteiger partial charge in [-0.05, 0) is 28.7 Å². The third-order valence-corrected chi connectivity index (χ3v) is 7.08. The van der Waals surface area contributed by atoms with Crippen molar-refractivity contribution in [3.05, 3.63) is 59.7 Å². The number of ether oxygens (including phenoxy) is 1. The van der Waals surface area contributed by atoms with Gasteiger partial charge in [-0.2, -0.15) is 0 Å². The van der Waals surface area contributed by atoms with Gasteiger partial charge < -0.3 is 20.1 Å². The predicted octanol–water partition coefficient (Wildman–Crippen LogP) is 3.68. The Morgan fingerprint density at radius 2 is 1.75 bits per heavy atom. The van der Waals surface area contributed by atoms with E-state index >= 15 is 0 Å². The molecule has 2 aromatic carbocycles. The lowest BCUT2D eigenvalue weighted by molar-refractivity contribution is -0.147. The van der Waals surface area contributed by atoms with Gasteiger partial charge in [0.15, 0.2) is 0 Å². The molecule has 2 atom stereocenters. The van der Waals surface area contributed by atoms with Crippen LogP contribution >= 0.6 is 11.8 Å². The lowest BCUT2D eigenvalue weighted by Gasteiger charge is -2.24. The number of nitrogens with zero attached hydrogens (tertiary/aromatic N) is 1. The van der Waals surface area contributed by atoms with E-state index in [1.54, 1.807) is 0 Å². The second-order valence-electron chi connectivity index (χ2n) is 8.00. The van der Waals surface area contributed by atoms with Gasteiger partial charge in [-0.3, -0.25) is 4.79 Å². The van der Waals surface area contributed by atoms with Crippen LogP contribution in [0.25, 0.3) is 11.1 Å². The Hall–Kier alpha value is -3.00. The van der Waals surface area contributed by atoms with Gasteiger partial charge in [-0.1, -0.05) is 55.5 Å². The molecule has 1 aliphatic heterocycles. The molecule has 2 unspecified atom stereocenters. The first-order valence-corrected chi connectivity index (χ1v) is 11.9. The van der Waals surface area contributed by atoms with Gasteiger partial charge in [-0.15, -0.1) is 11.8 Å². The highest BCUT2D eigenvalue weighted by molar-refractivity contribution is 7.99. The normalized spacial score (nSPS) is 18.0. The summed E-state index contributed by atoms with van der Waals surface area (Å²) in [4.78, 5) is 37.8. The van der Waals surface area contributed by atoms with Crippen molar-refractivity contribution in [2.24, 2.45) is 0 Å². The summed E-state index contributed by atoms with van der Waals surface area (Å²) in [5, 5.41) is 12.1. The minimum Gasteiger partial charge on any atom is -0.480 e. The van der Waals surface area contributed by atoms with Gasteiger partial charge in [0, 0.05) is 24.1 Å². The zero-order chi connectivity index (χ0) is 22.7. The Bertz CT molecular complexity index is 981. The summed E-state index contributed by atoms with van der Waals surface area (Å²) in [7, 11) is 0. The highest BCUT2D eigenvalue weighted by atomic mass is 32.2. The molecule has 0 radical (unpaired) electrons. The fourth-order valence-corrected chi connectivity index (χ4v) is 5.50. The fourth-order valence-electron chi connectivity index (χ4n) is 4.33. The number of rotatable bonds is 7. The minimum absolute atomic E-state index is 0.0344. The smallest absolute Gasteiger partial charge is 0.407 e. The monoisotopic (exact) mass is 454 g/mol. The molecule has 1 aliphatic carbocycles. The molecule has 1 saturated heterocycles. The molecule has 4 rings (SSSR count). The number of carbonyl (C=O) groups is 3. The number of alkyl carbamates (subject to hydrolysis) is 1. The number of thioether (sulfide) groups is 1. The number of carboxylic acid groups (broad SMARTS) is 1. The summed E-state index contributed by atoms with van der Waals surface area (Å²) >= 11 is 1.42. The standard InChI is InChI=1S/C24H26N2O5S/c1-2-15(11-22(27)26-14-32-13-21(26)23(28)29)25-24(30)31-12-20-18-9-5-3-7-16(18)17-8-4-6-10-19(17)20/h3-10,15,20-21H,2,11-14H2,1H3,(H,25,30)(H,28,29). The van der Waals surface area contributed by atoms with Crippen LogP contribution in [0.3, 0.4) is 0 Å². The molecule has 0 aromatic heterocycles. The Balaban J connectivity index is 1.35. The fraction of sp³-hybridized carbons (Fsp3) is 0.375. The number of amides is 2. The lowest BCUT2D eigenvalue weighted by atomic mass is 9.98. The van der Waals surface area contributed by atoms with Gasteiger partial charge >= 0.3 is 12.1 Å². The van der Waals surface area contributed by atoms with Gasteiger partial charge in [-0.25, -0.2) is 9.59 Å². The first-order valence-electron chi connectivity index (χ1n) is 10.7. The van der Waals surface area contributed by atoms with Crippen LogP contribution in [-0.2, 0) is 14.3 Å². The molecule has 32 heavy (non-hydrogen) atoms. The third-order valence-electron chi connectivity index (χ3n) is 6.07. The van der Waals surface area contributed by atoms with Crippen molar-refractivity contribution in [1.82, 2.24) is 10.2 Å². The average molecular weight is 455 g/mol. The summed E-state index contributed by atoms with van der Waals surface area (Å²) in [5.41, 5.74) is 4.58. The van der Waals surface area contributed by atoms with Gasteiger partial charge in [0.1, 0.15) is 12.6 Å². The van der Waals surface area contributed by atoms with E-state index in [0.29, 0.717) is 18.1 Å².